The van der Waals surface area contributed by atoms with Gasteiger partial charge in [0.25, 0.3) is 10.0 Å². The number of hydrogen-bond donors (Lipinski definition) is 2. The molecule has 0 fully saturated rings. The summed E-state index contributed by atoms with van der Waals surface area (Å²) < 4.78 is 28.0. The molecule has 102 valence electrons. The highest BCUT2D eigenvalue weighted by molar-refractivity contribution is 7.89. The average Bonchev–Trinajstić information content (AvgIpc) is 2.69. The molecule has 1 aromatic carbocycles. The van der Waals surface area contributed by atoms with Crippen LogP contribution in [0.4, 0.5) is 5.82 Å². The number of nitrogen functional groups attached to an aromatic ring is 1. The van der Waals surface area contributed by atoms with Crippen molar-refractivity contribution in [3.05, 3.63) is 41.2 Å². The molecule has 0 radical (unpaired) electrons. The Balaban J connectivity index is 2.22. The number of halogens is 1. The Morgan fingerprint density at radius 3 is 2.68 bits per heavy atom. The second-order valence-corrected chi connectivity index (χ2v) is 6.05. The molecule has 3 N–H and O–H groups in total. The fraction of sp³-hybridized carbons (Fsp3) is 0.182. The first-order valence-electron chi connectivity index (χ1n) is 5.41. The van der Waals surface area contributed by atoms with Crippen LogP contribution in [0.3, 0.4) is 0 Å². The third-order valence-electron chi connectivity index (χ3n) is 2.57. The van der Waals surface area contributed by atoms with Crippen LogP contribution in [0, 0.1) is 0 Å². The van der Waals surface area contributed by atoms with E-state index in [1.165, 1.54) is 10.9 Å². The lowest BCUT2D eigenvalue weighted by molar-refractivity contribution is 0.571. The number of nitrogens with zero attached hydrogens (tertiary/aromatic N) is 2. The molecule has 1 aromatic heterocycles. The van der Waals surface area contributed by atoms with Gasteiger partial charge >= 0.3 is 0 Å². The highest BCUT2D eigenvalue weighted by Crippen LogP contribution is 2.18. The van der Waals surface area contributed by atoms with Crippen LogP contribution in [0.5, 0.6) is 0 Å². The third kappa shape index (κ3) is 2.89. The van der Waals surface area contributed by atoms with E-state index in [1.807, 2.05) is 0 Å². The first-order valence-corrected chi connectivity index (χ1v) is 7.28. The molecule has 0 atom stereocenters. The van der Waals surface area contributed by atoms with Gasteiger partial charge in [0.1, 0.15) is 0 Å². The van der Waals surface area contributed by atoms with Gasteiger partial charge in [-0.2, -0.15) is 0 Å². The van der Waals surface area contributed by atoms with Gasteiger partial charge < -0.3 is 10.3 Å². The van der Waals surface area contributed by atoms with Gasteiger partial charge in [-0.25, -0.2) is 18.1 Å². The Morgan fingerprint density at radius 2 is 2.11 bits per heavy atom. The number of sulfonamides is 1. The van der Waals surface area contributed by atoms with Crippen LogP contribution in [0.1, 0.15) is 5.56 Å². The summed E-state index contributed by atoms with van der Waals surface area (Å²) in [5, 5.41) is 0.447. The number of aryl methyl sites for hydroxylation is 1. The van der Waals surface area contributed by atoms with Crippen molar-refractivity contribution in [2.24, 2.45) is 7.05 Å². The fourth-order valence-electron chi connectivity index (χ4n) is 1.65. The minimum absolute atomic E-state index is 0.0332. The molecule has 0 aliphatic rings. The number of aromatic nitrogens is 2. The van der Waals surface area contributed by atoms with Crippen molar-refractivity contribution < 1.29 is 8.42 Å². The maximum absolute atomic E-state index is 12.1. The normalized spacial score (nSPS) is 11.7. The van der Waals surface area contributed by atoms with Crippen molar-refractivity contribution in [1.82, 2.24) is 14.3 Å². The molecule has 0 aliphatic carbocycles. The number of rotatable bonds is 4. The lowest BCUT2D eigenvalue weighted by Crippen LogP contribution is -2.26. The maximum Gasteiger partial charge on any atom is 0.260 e. The molecule has 8 heteroatoms. The van der Waals surface area contributed by atoms with Gasteiger partial charge in [0.2, 0.25) is 0 Å². The molecule has 6 nitrogen and oxygen atoms in total. The first-order chi connectivity index (χ1) is 8.92. The molecular weight excluding hydrogens is 288 g/mol. The Kier molecular flexibility index (Phi) is 3.79. The lowest BCUT2D eigenvalue weighted by atomic mass is 10.2. The molecule has 19 heavy (non-hydrogen) atoms. The molecule has 0 amide bonds. The third-order valence-corrected chi connectivity index (χ3v) is 4.47. The van der Waals surface area contributed by atoms with Crippen LogP contribution in [-0.4, -0.2) is 18.0 Å². The van der Waals surface area contributed by atoms with Gasteiger partial charge in [-0.15, -0.1) is 0 Å². The molecule has 0 unspecified atom stereocenters. The number of nitrogens with two attached hydrogens (primary N) is 1. The van der Waals surface area contributed by atoms with E-state index in [0.717, 1.165) is 0 Å². The molecular formula is C11H13ClN4O2S. The Bertz CT molecular complexity index is 677. The van der Waals surface area contributed by atoms with Gasteiger partial charge in [-0.05, 0) is 11.6 Å². The Labute approximate surface area is 116 Å². The van der Waals surface area contributed by atoms with Gasteiger partial charge in [-0.1, -0.05) is 29.8 Å². The van der Waals surface area contributed by atoms with Crippen molar-refractivity contribution >= 4 is 27.4 Å². The Morgan fingerprint density at radius 1 is 1.42 bits per heavy atom. The number of nitrogens with one attached hydrogen (secondary N) is 1. The monoisotopic (exact) mass is 300 g/mol. The van der Waals surface area contributed by atoms with E-state index in [-0.39, 0.29) is 17.4 Å². The highest BCUT2D eigenvalue weighted by atomic mass is 35.5. The number of anilines is 1. The predicted octanol–water partition coefficient (Wildman–Crippen LogP) is 1.13. The Hall–Kier alpha value is -1.57. The van der Waals surface area contributed by atoms with E-state index in [4.69, 9.17) is 17.3 Å². The van der Waals surface area contributed by atoms with Crippen LogP contribution in [0.15, 0.2) is 35.6 Å². The molecule has 0 saturated carbocycles. The van der Waals surface area contributed by atoms with Gasteiger partial charge in [0.15, 0.2) is 10.8 Å². The second kappa shape index (κ2) is 5.20. The average molecular weight is 301 g/mol. The molecule has 2 rings (SSSR count). The van der Waals surface area contributed by atoms with Crippen molar-refractivity contribution in [3.8, 4) is 0 Å². The van der Waals surface area contributed by atoms with Gasteiger partial charge in [0, 0.05) is 18.6 Å². The second-order valence-electron chi connectivity index (χ2n) is 3.96. The summed E-state index contributed by atoms with van der Waals surface area (Å²) in [6, 6.07) is 7.01. The van der Waals surface area contributed by atoms with E-state index in [1.54, 1.807) is 31.3 Å². The quantitative estimate of drug-likeness (QED) is 0.886. The summed E-state index contributed by atoms with van der Waals surface area (Å²) >= 11 is 5.96. The van der Waals surface area contributed by atoms with E-state index in [0.29, 0.717) is 10.6 Å². The van der Waals surface area contributed by atoms with Crippen LogP contribution >= 0.6 is 11.6 Å². The molecule has 0 saturated heterocycles. The SMILES string of the molecule is Cn1cnc(N)c1S(=O)(=O)NCc1ccccc1Cl. The van der Waals surface area contributed by atoms with Crippen LogP contribution in [-0.2, 0) is 23.6 Å². The zero-order valence-electron chi connectivity index (χ0n) is 10.2. The highest BCUT2D eigenvalue weighted by Gasteiger charge is 2.22. The summed E-state index contributed by atoms with van der Waals surface area (Å²) in [7, 11) is -2.16. The zero-order chi connectivity index (χ0) is 14.0. The summed E-state index contributed by atoms with van der Waals surface area (Å²) in [5.41, 5.74) is 6.24. The molecule has 1 heterocycles. The number of hydrogen-bond acceptors (Lipinski definition) is 4. The smallest absolute Gasteiger partial charge is 0.260 e. The van der Waals surface area contributed by atoms with Crippen LogP contribution in [0.2, 0.25) is 5.02 Å². The van der Waals surface area contributed by atoms with Crippen molar-refractivity contribution in [1.29, 1.82) is 0 Å². The van der Waals surface area contributed by atoms with Crippen LogP contribution in [0.25, 0.3) is 0 Å². The summed E-state index contributed by atoms with van der Waals surface area (Å²) in [4.78, 5) is 3.75. The molecule has 2 aromatic rings. The summed E-state index contributed by atoms with van der Waals surface area (Å²) in [6.45, 7) is 0.0899. The van der Waals surface area contributed by atoms with E-state index < -0.39 is 10.0 Å². The topological polar surface area (TPSA) is 90.0 Å². The van der Waals surface area contributed by atoms with Gasteiger partial charge in [-0.3, -0.25) is 0 Å². The summed E-state index contributed by atoms with van der Waals surface area (Å²) in [5.74, 6) is -0.0332. The molecule has 0 aliphatic heterocycles. The fourth-order valence-corrected chi connectivity index (χ4v) is 3.09. The standard InChI is InChI=1S/C11H13ClN4O2S/c1-16-7-14-10(13)11(16)19(17,18)15-6-8-4-2-3-5-9(8)12/h2-5,7,15H,6,13H2,1H3. The largest absolute Gasteiger partial charge is 0.381 e. The van der Waals surface area contributed by atoms with E-state index >= 15 is 0 Å². The lowest BCUT2D eigenvalue weighted by Gasteiger charge is -2.08. The predicted molar refractivity (Wildman–Crippen MR) is 73.1 cm³/mol. The van der Waals surface area contributed by atoms with E-state index in [2.05, 4.69) is 9.71 Å². The summed E-state index contributed by atoms with van der Waals surface area (Å²) in [6.07, 6.45) is 1.35. The van der Waals surface area contributed by atoms with Crippen molar-refractivity contribution in [2.45, 2.75) is 11.6 Å². The zero-order valence-corrected chi connectivity index (χ0v) is 11.7. The molecule has 0 spiro atoms. The first kappa shape index (κ1) is 13.9. The minimum atomic E-state index is -3.73. The van der Waals surface area contributed by atoms with E-state index in [9.17, 15) is 8.42 Å². The van der Waals surface area contributed by atoms with Crippen LogP contribution < -0.4 is 10.5 Å². The number of imidazole rings is 1. The van der Waals surface area contributed by atoms with Gasteiger partial charge in [0.05, 0.1) is 6.33 Å². The minimum Gasteiger partial charge on any atom is -0.381 e. The molecule has 0 bridgehead atoms. The maximum atomic E-state index is 12.1. The van der Waals surface area contributed by atoms with Crippen molar-refractivity contribution in [3.63, 3.8) is 0 Å². The number of benzene rings is 1. The van der Waals surface area contributed by atoms with Crippen molar-refractivity contribution in [2.75, 3.05) is 5.73 Å².